The first-order chi connectivity index (χ1) is 14.5. The highest BCUT2D eigenvalue weighted by Crippen LogP contribution is 2.34. The van der Waals surface area contributed by atoms with Crippen LogP contribution >= 0.6 is 11.6 Å². The normalized spacial score (nSPS) is 13.6. The fraction of sp³-hybridized carbons (Fsp3) is 0.217. The van der Waals surface area contributed by atoms with Gasteiger partial charge in [0.1, 0.15) is 11.8 Å². The van der Waals surface area contributed by atoms with E-state index in [-0.39, 0.29) is 12.6 Å². The zero-order valence-corrected chi connectivity index (χ0v) is 17.3. The summed E-state index contributed by atoms with van der Waals surface area (Å²) in [5.41, 5.74) is 3.71. The Morgan fingerprint density at radius 2 is 1.97 bits per heavy atom. The molecule has 0 unspecified atom stereocenters. The van der Waals surface area contributed by atoms with Crippen molar-refractivity contribution >= 4 is 34.8 Å². The van der Waals surface area contributed by atoms with E-state index in [1.807, 2.05) is 31.2 Å². The summed E-state index contributed by atoms with van der Waals surface area (Å²) in [6, 6.07) is 16.8. The van der Waals surface area contributed by atoms with E-state index >= 15 is 0 Å². The second kappa shape index (κ2) is 8.63. The SMILES string of the molecule is Cc1ccc(Cl)cc1NC(=O)C(=O)NC[C@H](c1ccco1)N1CCc2ccccc21. The Labute approximate surface area is 179 Å². The minimum Gasteiger partial charge on any atom is -0.467 e. The van der Waals surface area contributed by atoms with E-state index in [4.69, 9.17) is 16.0 Å². The van der Waals surface area contributed by atoms with Gasteiger partial charge in [0, 0.05) is 29.5 Å². The Hall–Kier alpha value is -3.25. The fourth-order valence-electron chi connectivity index (χ4n) is 3.71. The maximum absolute atomic E-state index is 12.5. The number of aryl methyl sites for hydroxylation is 1. The average molecular weight is 424 g/mol. The van der Waals surface area contributed by atoms with Crippen molar-refractivity contribution in [2.24, 2.45) is 0 Å². The third kappa shape index (κ3) is 4.19. The second-order valence-corrected chi connectivity index (χ2v) is 7.66. The topological polar surface area (TPSA) is 74.6 Å². The number of amides is 2. The molecule has 1 aliphatic rings. The largest absolute Gasteiger partial charge is 0.467 e. The molecule has 2 heterocycles. The first kappa shape index (κ1) is 20.0. The van der Waals surface area contributed by atoms with Crippen molar-refractivity contribution in [1.29, 1.82) is 0 Å². The fourth-order valence-corrected chi connectivity index (χ4v) is 3.88. The van der Waals surface area contributed by atoms with Crippen LogP contribution in [0.3, 0.4) is 0 Å². The van der Waals surface area contributed by atoms with Crippen LogP contribution in [0, 0.1) is 6.92 Å². The van der Waals surface area contributed by atoms with Crippen LogP contribution in [0.15, 0.2) is 65.3 Å². The molecule has 1 aromatic heterocycles. The highest BCUT2D eigenvalue weighted by atomic mass is 35.5. The van der Waals surface area contributed by atoms with Crippen molar-refractivity contribution in [3.63, 3.8) is 0 Å². The smallest absolute Gasteiger partial charge is 0.313 e. The van der Waals surface area contributed by atoms with Gasteiger partial charge in [-0.05, 0) is 54.8 Å². The first-order valence-electron chi connectivity index (χ1n) is 9.76. The molecule has 0 fully saturated rings. The van der Waals surface area contributed by atoms with Gasteiger partial charge in [0.2, 0.25) is 0 Å². The van der Waals surface area contributed by atoms with Crippen LogP contribution in [0.2, 0.25) is 5.02 Å². The summed E-state index contributed by atoms with van der Waals surface area (Å²) in [6.07, 6.45) is 2.54. The molecule has 2 amide bonds. The molecule has 7 heteroatoms. The first-order valence-corrected chi connectivity index (χ1v) is 10.1. The van der Waals surface area contributed by atoms with Gasteiger partial charge in [-0.1, -0.05) is 35.9 Å². The summed E-state index contributed by atoms with van der Waals surface area (Å²) in [6.45, 7) is 2.89. The van der Waals surface area contributed by atoms with Crippen molar-refractivity contribution in [1.82, 2.24) is 5.32 Å². The van der Waals surface area contributed by atoms with Crippen molar-refractivity contribution in [3.05, 3.63) is 82.8 Å². The van der Waals surface area contributed by atoms with E-state index in [2.05, 4.69) is 27.7 Å². The highest BCUT2D eigenvalue weighted by Gasteiger charge is 2.29. The highest BCUT2D eigenvalue weighted by molar-refractivity contribution is 6.40. The van der Waals surface area contributed by atoms with E-state index in [9.17, 15) is 9.59 Å². The number of carbonyl (C=O) groups is 2. The van der Waals surface area contributed by atoms with Crippen molar-refractivity contribution in [3.8, 4) is 0 Å². The Bertz CT molecular complexity index is 1070. The maximum atomic E-state index is 12.5. The molecule has 30 heavy (non-hydrogen) atoms. The molecule has 0 saturated carbocycles. The Morgan fingerprint density at radius 3 is 2.77 bits per heavy atom. The third-order valence-electron chi connectivity index (χ3n) is 5.28. The van der Waals surface area contributed by atoms with E-state index in [0.29, 0.717) is 10.7 Å². The number of carbonyl (C=O) groups excluding carboxylic acids is 2. The van der Waals surface area contributed by atoms with Gasteiger partial charge in [0.05, 0.1) is 6.26 Å². The lowest BCUT2D eigenvalue weighted by atomic mass is 10.1. The van der Waals surface area contributed by atoms with Gasteiger partial charge in [-0.3, -0.25) is 9.59 Å². The van der Waals surface area contributed by atoms with Crippen molar-refractivity contribution < 1.29 is 14.0 Å². The van der Waals surface area contributed by atoms with Crippen LogP contribution in [0.5, 0.6) is 0 Å². The summed E-state index contributed by atoms with van der Waals surface area (Å²) < 4.78 is 5.63. The number of hydrogen-bond donors (Lipinski definition) is 2. The maximum Gasteiger partial charge on any atom is 0.313 e. The molecule has 2 N–H and O–H groups in total. The third-order valence-corrected chi connectivity index (χ3v) is 5.52. The number of fused-ring (bicyclic) bond motifs is 1. The number of benzene rings is 2. The van der Waals surface area contributed by atoms with Gasteiger partial charge in [-0.15, -0.1) is 0 Å². The van der Waals surface area contributed by atoms with Gasteiger partial charge in [0.25, 0.3) is 0 Å². The summed E-state index contributed by atoms with van der Waals surface area (Å²) >= 11 is 5.99. The van der Waals surface area contributed by atoms with Gasteiger partial charge < -0.3 is 20.0 Å². The molecule has 1 atom stereocenters. The van der Waals surface area contributed by atoms with Crippen LogP contribution in [-0.4, -0.2) is 24.9 Å². The molecule has 0 bridgehead atoms. The standard InChI is InChI=1S/C23H22ClN3O3/c1-15-8-9-17(24)13-18(15)26-23(29)22(28)25-14-20(21-7-4-12-30-21)27-11-10-16-5-2-3-6-19(16)27/h2-9,12-13,20H,10-11,14H2,1H3,(H,25,28)(H,26,29)/t20-/m1/s1. The lowest BCUT2D eigenvalue weighted by Crippen LogP contribution is -2.41. The molecule has 1 aliphatic heterocycles. The van der Waals surface area contributed by atoms with Gasteiger partial charge in [-0.2, -0.15) is 0 Å². The molecular formula is C23H22ClN3O3. The zero-order valence-electron chi connectivity index (χ0n) is 16.5. The number of anilines is 2. The monoisotopic (exact) mass is 423 g/mol. The van der Waals surface area contributed by atoms with Gasteiger partial charge >= 0.3 is 11.8 Å². The Kier molecular flexibility index (Phi) is 5.77. The Morgan fingerprint density at radius 1 is 1.13 bits per heavy atom. The Balaban J connectivity index is 1.46. The number of hydrogen-bond acceptors (Lipinski definition) is 4. The minimum atomic E-state index is -0.736. The quantitative estimate of drug-likeness (QED) is 0.606. The van der Waals surface area contributed by atoms with Crippen molar-refractivity contribution in [2.45, 2.75) is 19.4 Å². The molecule has 0 spiro atoms. The molecule has 3 aromatic rings. The average Bonchev–Trinajstić information content (AvgIpc) is 3.41. The van der Waals surface area contributed by atoms with Gasteiger partial charge in [0.15, 0.2) is 0 Å². The summed E-state index contributed by atoms with van der Waals surface area (Å²) in [7, 11) is 0. The number of rotatable bonds is 5. The van der Waals surface area contributed by atoms with Crippen LogP contribution < -0.4 is 15.5 Å². The van der Waals surface area contributed by atoms with E-state index < -0.39 is 11.8 Å². The van der Waals surface area contributed by atoms with E-state index in [1.54, 1.807) is 24.5 Å². The minimum absolute atomic E-state index is 0.215. The molecule has 4 rings (SSSR count). The predicted octanol–water partition coefficient (Wildman–Crippen LogP) is 4.10. The molecule has 6 nitrogen and oxygen atoms in total. The number of nitrogens with zero attached hydrogens (tertiary/aromatic N) is 1. The van der Waals surface area contributed by atoms with Gasteiger partial charge in [-0.25, -0.2) is 0 Å². The van der Waals surface area contributed by atoms with Crippen molar-refractivity contribution in [2.75, 3.05) is 23.3 Å². The van der Waals surface area contributed by atoms with Crippen LogP contribution in [-0.2, 0) is 16.0 Å². The molecule has 0 saturated heterocycles. The second-order valence-electron chi connectivity index (χ2n) is 7.23. The zero-order chi connectivity index (χ0) is 21.1. The summed E-state index contributed by atoms with van der Waals surface area (Å²) in [5, 5.41) is 5.86. The number of para-hydroxylation sites is 1. The molecular weight excluding hydrogens is 402 g/mol. The van der Waals surface area contributed by atoms with E-state index in [0.717, 1.165) is 30.0 Å². The van der Waals surface area contributed by atoms with Crippen LogP contribution in [0.25, 0.3) is 0 Å². The molecule has 2 aromatic carbocycles. The lowest BCUT2D eigenvalue weighted by Gasteiger charge is -2.29. The summed E-state index contributed by atoms with van der Waals surface area (Å²) in [4.78, 5) is 27.1. The number of halogens is 1. The number of furan rings is 1. The van der Waals surface area contributed by atoms with Crippen LogP contribution in [0.1, 0.15) is 22.9 Å². The molecule has 0 aliphatic carbocycles. The predicted molar refractivity (Wildman–Crippen MR) is 117 cm³/mol. The lowest BCUT2D eigenvalue weighted by molar-refractivity contribution is -0.136. The molecule has 154 valence electrons. The number of nitrogens with one attached hydrogen (secondary N) is 2. The van der Waals surface area contributed by atoms with E-state index in [1.165, 1.54) is 5.56 Å². The summed E-state index contributed by atoms with van der Waals surface area (Å²) in [5.74, 6) is -0.711. The molecule has 0 radical (unpaired) electrons. The van der Waals surface area contributed by atoms with Crippen LogP contribution in [0.4, 0.5) is 11.4 Å².